The molecule has 6 nitrogen and oxygen atoms in total. The van der Waals surface area contributed by atoms with Crippen LogP contribution < -0.4 is 4.18 Å². The fourth-order valence-corrected chi connectivity index (χ4v) is 4.44. The molecule has 0 bridgehead atoms. The van der Waals surface area contributed by atoms with Gasteiger partial charge in [0.05, 0.1) is 11.6 Å². The highest BCUT2D eigenvalue weighted by atomic mass is 32.2. The zero-order valence-electron chi connectivity index (χ0n) is 14.1. The molecule has 7 heteroatoms. The molecule has 4 rings (SSSR count). The number of aryl methyl sites for hydroxylation is 1. The average molecular weight is 371 g/mol. The van der Waals surface area contributed by atoms with Crippen LogP contribution >= 0.6 is 0 Å². The van der Waals surface area contributed by atoms with Gasteiger partial charge in [-0.05, 0) is 18.6 Å². The van der Waals surface area contributed by atoms with E-state index in [1.165, 1.54) is 4.31 Å². The number of carbonyl (C=O) groups excluding carboxylic acids is 1. The molecule has 0 fully saturated rings. The van der Waals surface area contributed by atoms with Gasteiger partial charge in [-0.15, -0.1) is 0 Å². The van der Waals surface area contributed by atoms with E-state index in [0.717, 1.165) is 11.1 Å². The van der Waals surface area contributed by atoms with Gasteiger partial charge in [0.1, 0.15) is 12.4 Å². The second-order valence-corrected chi connectivity index (χ2v) is 7.77. The summed E-state index contributed by atoms with van der Waals surface area (Å²) in [5.74, 6) is -0.272. The van der Waals surface area contributed by atoms with Gasteiger partial charge in [0.2, 0.25) is 0 Å². The summed E-state index contributed by atoms with van der Waals surface area (Å²) in [6.45, 7) is 2.11. The Labute approximate surface area is 151 Å². The Morgan fingerprint density at radius 1 is 1.23 bits per heavy atom. The number of ether oxygens (including phenoxy) is 1. The first-order valence-corrected chi connectivity index (χ1v) is 9.55. The molecule has 0 aromatic heterocycles. The lowest BCUT2D eigenvalue weighted by molar-refractivity contribution is -0.140. The maximum Gasteiger partial charge on any atom is 0.386 e. The number of fused-ring (bicyclic) bond motifs is 3. The first-order valence-electron chi connectivity index (χ1n) is 8.18. The number of benzene rings is 2. The lowest BCUT2D eigenvalue weighted by Crippen LogP contribution is -2.40. The van der Waals surface area contributed by atoms with Gasteiger partial charge in [-0.25, -0.2) is 4.79 Å². The number of esters is 1. The highest BCUT2D eigenvalue weighted by Gasteiger charge is 2.46. The van der Waals surface area contributed by atoms with Gasteiger partial charge in [0, 0.05) is 12.1 Å². The summed E-state index contributed by atoms with van der Waals surface area (Å²) in [7, 11) is -3.95. The summed E-state index contributed by atoms with van der Waals surface area (Å²) < 4.78 is 36.5. The van der Waals surface area contributed by atoms with Crippen LogP contribution in [0.25, 0.3) is 0 Å². The van der Waals surface area contributed by atoms with Crippen molar-refractivity contribution in [2.75, 3.05) is 6.54 Å². The van der Waals surface area contributed by atoms with Crippen molar-refractivity contribution in [2.45, 2.75) is 19.6 Å². The molecule has 2 aliphatic heterocycles. The lowest BCUT2D eigenvalue weighted by Gasteiger charge is -2.31. The van der Waals surface area contributed by atoms with Crippen LogP contribution in [0.5, 0.6) is 5.75 Å². The maximum atomic E-state index is 12.6. The molecule has 0 radical (unpaired) electrons. The van der Waals surface area contributed by atoms with E-state index in [9.17, 15) is 13.2 Å². The van der Waals surface area contributed by atoms with E-state index >= 15 is 0 Å². The molecular weight excluding hydrogens is 354 g/mol. The quantitative estimate of drug-likeness (QED) is 0.776. The van der Waals surface area contributed by atoms with Crippen molar-refractivity contribution in [3.8, 4) is 5.75 Å². The van der Waals surface area contributed by atoms with Gasteiger partial charge < -0.3 is 8.92 Å². The van der Waals surface area contributed by atoms with E-state index in [4.69, 9.17) is 8.92 Å². The van der Waals surface area contributed by atoms with Gasteiger partial charge in [-0.2, -0.15) is 12.7 Å². The monoisotopic (exact) mass is 371 g/mol. The second-order valence-electron chi connectivity index (χ2n) is 6.28. The molecule has 2 heterocycles. The summed E-state index contributed by atoms with van der Waals surface area (Å²) in [5, 5.41) is 0. The molecule has 0 N–H and O–H groups in total. The van der Waals surface area contributed by atoms with Gasteiger partial charge >= 0.3 is 16.3 Å². The van der Waals surface area contributed by atoms with Crippen molar-refractivity contribution in [1.82, 2.24) is 4.31 Å². The van der Waals surface area contributed by atoms with Crippen LogP contribution in [-0.2, 0) is 26.4 Å². The van der Waals surface area contributed by atoms with Crippen molar-refractivity contribution >= 4 is 16.3 Å². The third kappa shape index (κ3) is 2.89. The molecular formula is C19H17NO5S. The third-order valence-corrected chi connectivity index (χ3v) is 5.79. The standard InChI is InChI=1S/C19H17NO5S/c1-13-7-8-17-16(11-13)18-15(9-10-20(18)26(22,23)25-17)19(21)24-12-14-5-3-2-4-6-14/h2-9,11,18H,10,12H2,1H3. The molecule has 1 unspecified atom stereocenters. The highest BCUT2D eigenvalue weighted by molar-refractivity contribution is 7.84. The van der Waals surface area contributed by atoms with Crippen molar-refractivity contribution in [3.05, 3.63) is 76.9 Å². The van der Waals surface area contributed by atoms with E-state index in [1.54, 1.807) is 18.2 Å². The van der Waals surface area contributed by atoms with Crippen molar-refractivity contribution in [3.63, 3.8) is 0 Å². The number of hydrogen-bond acceptors (Lipinski definition) is 5. The SMILES string of the molecule is Cc1ccc2c(c1)C1C(C(=O)OCc3ccccc3)=CCN1S(=O)(=O)O2. The lowest BCUT2D eigenvalue weighted by atomic mass is 9.98. The maximum absolute atomic E-state index is 12.6. The molecule has 0 amide bonds. The average Bonchev–Trinajstić information content (AvgIpc) is 3.08. The Kier molecular flexibility index (Phi) is 4.05. The second kappa shape index (κ2) is 6.26. The van der Waals surface area contributed by atoms with E-state index in [2.05, 4.69) is 0 Å². The van der Waals surface area contributed by atoms with Crippen molar-refractivity contribution in [1.29, 1.82) is 0 Å². The zero-order chi connectivity index (χ0) is 18.3. The van der Waals surface area contributed by atoms with E-state index in [-0.39, 0.29) is 18.9 Å². The Balaban J connectivity index is 1.63. The Morgan fingerprint density at radius 2 is 2.00 bits per heavy atom. The molecule has 0 saturated heterocycles. The summed E-state index contributed by atoms with van der Waals surface area (Å²) in [4.78, 5) is 12.6. The molecule has 0 spiro atoms. The number of nitrogens with zero attached hydrogens (tertiary/aromatic N) is 1. The summed E-state index contributed by atoms with van der Waals surface area (Å²) in [5.41, 5.74) is 2.79. The minimum absolute atomic E-state index is 0.0795. The van der Waals surface area contributed by atoms with E-state index in [1.807, 2.05) is 43.3 Å². The molecule has 26 heavy (non-hydrogen) atoms. The minimum Gasteiger partial charge on any atom is -0.457 e. The van der Waals surface area contributed by atoms with E-state index < -0.39 is 22.3 Å². The zero-order valence-corrected chi connectivity index (χ0v) is 14.9. The smallest absolute Gasteiger partial charge is 0.386 e. The molecule has 1 atom stereocenters. The topological polar surface area (TPSA) is 72.9 Å². The predicted octanol–water partition coefficient (Wildman–Crippen LogP) is 2.66. The Hall–Kier alpha value is -2.64. The van der Waals surface area contributed by atoms with Crippen LogP contribution in [0.3, 0.4) is 0 Å². The third-order valence-electron chi connectivity index (χ3n) is 4.46. The number of carbonyl (C=O) groups is 1. The Morgan fingerprint density at radius 3 is 2.77 bits per heavy atom. The van der Waals surface area contributed by atoms with Gasteiger partial charge in [-0.1, -0.05) is 54.1 Å². The summed E-state index contributed by atoms with van der Waals surface area (Å²) >= 11 is 0. The number of rotatable bonds is 3. The molecule has 2 aromatic carbocycles. The van der Waals surface area contributed by atoms with Crippen LogP contribution in [0.1, 0.15) is 22.7 Å². The van der Waals surface area contributed by atoms with Crippen LogP contribution in [-0.4, -0.2) is 25.2 Å². The van der Waals surface area contributed by atoms with Crippen molar-refractivity contribution < 1.29 is 22.1 Å². The van der Waals surface area contributed by atoms with E-state index in [0.29, 0.717) is 11.1 Å². The minimum atomic E-state index is -3.95. The molecule has 134 valence electrons. The van der Waals surface area contributed by atoms with Crippen LogP contribution in [0.2, 0.25) is 0 Å². The first kappa shape index (κ1) is 16.8. The normalized spacial score (nSPS) is 20.5. The molecule has 2 aliphatic rings. The fourth-order valence-electron chi connectivity index (χ4n) is 3.22. The summed E-state index contributed by atoms with van der Waals surface area (Å²) in [6, 6.07) is 13.8. The van der Waals surface area contributed by atoms with Crippen molar-refractivity contribution in [2.24, 2.45) is 0 Å². The van der Waals surface area contributed by atoms with Gasteiger partial charge in [0.15, 0.2) is 0 Å². The Bertz CT molecular complexity index is 998. The largest absolute Gasteiger partial charge is 0.457 e. The van der Waals surface area contributed by atoms with Crippen LogP contribution in [0.15, 0.2) is 60.2 Å². The van der Waals surface area contributed by atoms with Crippen LogP contribution in [0, 0.1) is 6.92 Å². The molecule has 0 saturated carbocycles. The summed E-state index contributed by atoms with van der Waals surface area (Å²) in [6.07, 6.45) is 1.59. The van der Waals surface area contributed by atoms with Gasteiger partial charge in [0.25, 0.3) is 0 Å². The van der Waals surface area contributed by atoms with Gasteiger partial charge in [-0.3, -0.25) is 0 Å². The number of hydrogen-bond donors (Lipinski definition) is 0. The van der Waals surface area contributed by atoms with Crippen LogP contribution in [0.4, 0.5) is 0 Å². The fraction of sp³-hybridized carbons (Fsp3) is 0.211. The molecule has 0 aliphatic carbocycles. The molecule has 2 aromatic rings. The first-order chi connectivity index (χ1) is 12.5. The highest BCUT2D eigenvalue weighted by Crippen LogP contribution is 2.45. The predicted molar refractivity (Wildman–Crippen MR) is 94.5 cm³/mol.